The molecule has 0 unspecified atom stereocenters. The monoisotopic (exact) mass is 202 g/mol. The quantitative estimate of drug-likeness (QED) is 0.751. The largest absolute Gasteiger partial charge is 0.320 e. The molecule has 1 N–H and O–H groups in total. The predicted octanol–water partition coefficient (Wildman–Crippen LogP) is 2.67. The smallest absolute Gasteiger partial charge is 0.304 e. The number of anilines is 1. The number of amides is 1. The van der Waals surface area contributed by atoms with Gasteiger partial charge in [0.15, 0.2) is 0 Å². The van der Waals surface area contributed by atoms with Crippen molar-refractivity contribution < 1.29 is 4.79 Å². The zero-order valence-electron chi connectivity index (χ0n) is 8.95. The summed E-state index contributed by atoms with van der Waals surface area (Å²) >= 11 is 0. The van der Waals surface area contributed by atoms with Gasteiger partial charge in [-0.15, -0.1) is 0 Å². The van der Waals surface area contributed by atoms with Gasteiger partial charge in [0.1, 0.15) is 0 Å². The number of nitrogens with zero attached hydrogens (tertiary/aromatic N) is 1. The molecule has 0 spiro atoms. The molecule has 0 aliphatic heterocycles. The van der Waals surface area contributed by atoms with Gasteiger partial charge in [0.05, 0.1) is 0 Å². The van der Waals surface area contributed by atoms with E-state index in [1.807, 2.05) is 24.3 Å². The molecule has 0 saturated heterocycles. The maximum Gasteiger partial charge on any atom is 0.304 e. The van der Waals surface area contributed by atoms with E-state index in [9.17, 15) is 4.79 Å². The molecule has 0 bridgehead atoms. The van der Waals surface area contributed by atoms with Crippen molar-refractivity contribution in [2.75, 3.05) is 11.9 Å². The first-order valence-corrected chi connectivity index (χ1v) is 4.86. The lowest BCUT2D eigenvalue weighted by Gasteiger charge is -2.06. The highest BCUT2D eigenvalue weighted by atomic mass is 16.1. The van der Waals surface area contributed by atoms with Crippen LogP contribution in [0.4, 0.5) is 5.69 Å². The average Bonchev–Trinajstić information content (AvgIpc) is 2.18. The summed E-state index contributed by atoms with van der Waals surface area (Å²) in [6, 6.07) is 7.69. The summed E-state index contributed by atoms with van der Waals surface area (Å²) in [7, 11) is 0. The zero-order chi connectivity index (χ0) is 11.3. The Morgan fingerprint density at radius 2 is 2.00 bits per heavy atom. The maximum absolute atomic E-state index is 11.1. The second-order valence-corrected chi connectivity index (χ2v) is 3.64. The van der Waals surface area contributed by atoms with E-state index in [2.05, 4.69) is 24.0 Å². The normalized spacial score (nSPS) is 9.73. The fourth-order valence-electron chi connectivity index (χ4n) is 1.22. The Morgan fingerprint density at radius 1 is 1.40 bits per heavy atom. The van der Waals surface area contributed by atoms with Gasteiger partial charge in [0.25, 0.3) is 6.54 Å². The molecular formula is C12H14N2O. The Balaban J connectivity index is 2.65. The van der Waals surface area contributed by atoms with Crippen molar-refractivity contribution in [2.45, 2.75) is 19.8 Å². The molecule has 0 saturated carbocycles. The van der Waals surface area contributed by atoms with Gasteiger partial charge in [0.2, 0.25) is 0 Å². The van der Waals surface area contributed by atoms with E-state index < -0.39 is 0 Å². The van der Waals surface area contributed by atoms with Crippen LogP contribution in [-0.2, 0) is 4.79 Å². The number of carbonyl (C=O) groups is 1. The lowest BCUT2D eigenvalue weighted by Crippen LogP contribution is -2.13. The topological polar surface area (TPSA) is 33.5 Å². The second kappa shape index (κ2) is 5.16. The summed E-state index contributed by atoms with van der Waals surface area (Å²) in [5, 5.41) is 2.66. The molecule has 0 fully saturated rings. The van der Waals surface area contributed by atoms with Crippen molar-refractivity contribution in [3.63, 3.8) is 0 Å². The number of hydrogen-bond donors (Lipinski definition) is 1. The van der Waals surface area contributed by atoms with Crippen LogP contribution in [0.25, 0.3) is 4.85 Å². The van der Waals surface area contributed by atoms with Gasteiger partial charge < -0.3 is 10.2 Å². The molecule has 1 rings (SSSR count). The average molecular weight is 202 g/mol. The minimum atomic E-state index is -0.262. The van der Waals surface area contributed by atoms with Crippen LogP contribution in [0.15, 0.2) is 24.3 Å². The van der Waals surface area contributed by atoms with E-state index in [4.69, 9.17) is 6.57 Å². The third-order valence-corrected chi connectivity index (χ3v) is 2.08. The van der Waals surface area contributed by atoms with Gasteiger partial charge >= 0.3 is 5.91 Å². The van der Waals surface area contributed by atoms with Crippen LogP contribution in [0.1, 0.15) is 25.3 Å². The van der Waals surface area contributed by atoms with Crippen LogP contribution in [0, 0.1) is 6.57 Å². The first kappa shape index (κ1) is 11.3. The van der Waals surface area contributed by atoms with Gasteiger partial charge in [0, 0.05) is 5.69 Å². The van der Waals surface area contributed by atoms with Crippen LogP contribution >= 0.6 is 0 Å². The Labute approximate surface area is 89.9 Å². The third kappa shape index (κ3) is 3.43. The molecule has 0 aromatic heterocycles. The summed E-state index contributed by atoms with van der Waals surface area (Å²) in [4.78, 5) is 14.1. The molecule has 0 atom stereocenters. The molecule has 1 amide bonds. The third-order valence-electron chi connectivity index (χ3n) is 2.08. The van der Waals surface area contributed by atoms with Crippen molar-refractivity contribution in [3.05, 3.63) is 41.2 Å². The summed E-state index contributed by atoms with van der Waals surface area (Å²) < 4.78 is 0. The molecule has 0 aliphatic rings. The standard InChI is InChI=1S/C12H14N2O/c1-9(2)10-4-6-11(7-5-10)14-12(15)8-13-3/h4-7,9H,8H2,1-2H3,(H,14,15). The summed E-state index contributed by atoms with van der Waals surface area (Å²) in [5.74, 6) is 0.222. The van der Waals surface area contributed by atoms with Crippen LogP contribution in [0.2, 0.25) is 0 Å². The maximum atomic E-state index is 11.1. The molecule has 0 radical (unpaired) electrons. The molecule has 0 heterocycles. The van der Waals surface area contributed by atoms with Crippen molar-refractivity contribution in [3.8, 4) is 0 Å². The highest BCUT2D eigenvalue weighted by molar-refractivity contribution is 5.93. The van der Waals surface area contributed by atoms with Crippen molar-refractivity contribution in [2.24, 2.45) is 0 Å². The lowest BCUT2D eigenvalue weighted by atomic mass is 10.0. The predicted molar refractivity (Wildman–Crippen MR) is 60.6 cm³/mol. The molecule has 78 valence electrons. The highest BCUT2D eigenvalue weighted by Crippen LogP contribution is 2.16. The molecule has 3 nitrogen and oxygen atoms in total. The Bertz CT molecular complexity index is 374. The van der Waals surface area contributed by atoms with Crippen LogP contribution in [0.3, 0.4) is 0 Å². The van der Waals surface area contributed by atoms with E-state index in [0.717, 1.165) is 5.69 Å². The number of carbonyl (C=O) groups excluding carboxylic acids is 1. The first-order chi connectivity index (χ1) is 7.13. The van der Waals surface area contributed by atoms with E-state index in [0.29, 0.717) is 5.92 Å². The van der Waals surface area contributed by atoms with E-state index >= 15 is 0 Å². The van der Waals surface area contributed by atoms with E-state index in [1.165, 1.54) is 5.56 Å². The Kier molecular flexibility index (Phi) is 3.87. The van der Waals surface area contributed by atoms with Crippen LogP contribution in [-0.4, -0.2) is 12.5 Å². The molecule has 15 heavy (non-hydrogen) atoms. The van der Waals surface area contributed by atoms with Gasteiger partial charge in [-0.05, 0) is 23.6 Å². The fourth-order valence-corrected chi connectivity index (χ4v) is 1.22. The van der Waals surface area contributed by atoms with Crippen LogP contribution in [0.5, 0.6) is 0 Å². The first-order valence-electron chi connectivity index (χ1n) is 4.86. The van der Waals surface area contributed by atoms with Crippen molar-refractivity contribution in [1.82, 2.24) is 0 Å². The number of nitrogens with one attached hydrogen (secondary N) is 1. The Morgan fingerprint density at radius 3 is 2.47 bits per heavy atom. The molecule has 1 aromatic carbocycles. The molecule has 0 aliphatic carbocycles. The van der Waals surface area contributed by atoms with Crippen molar-refractivity contribution in [1.29, 1.82) is 0 Å². The second-order valence-electron chi connectivity index (χ2n) is 3.64. The molecular weight excluding hydrogens is 188 g/mol. The van der Waals surface area contributed by atoms with Gasteiger partial charge in [-0.3, -0.25) is 4.79 Å². The molecule has 1 aromatic rings. The number of hydrogen-bond acceptors (Lipinski definition) is 1. The minimum Gasteiger partial charge on any atom is -0.320 e. The summed E-state index contributed by atoms with van der Waals surface area (Å²) in [5.41, 5.74) is 1.98. The summed E-state index contributed by atoms with van der Waals surface area (Å²) in [6.45, 7) is 10.7. The minimum absolute atomic E-state index is 0.119. The zero-order valence-corrected chi connectivity index (χ0v) is 8.95. The van der Waals surface area contributed by atoms with Gasteiger partial charge in [-0.25, -0.2) is 6.57 Å². The highest BCUT2D eigenvalue weighted by Gasteiger charge is 2.04. The molecule has 3 heteroatoms. The number of benzene rings is 1. The Hall–Kier alpha value is -1.82. The van der Waals surface area contributed by atoms with E-state index in [1.54, 1.807) is 0 Å². The van der Waals surface area contributed by atoms with Gasteiger partial charge in [-0.2, -0.15) is 0 Å². The van der Waals surface area contributed by atoms with E-state index in [-0.39, 0.29) is 12.5 Å². The van der Waals surface area contributed by atoms with Crippen LogP contribution < -0.4 is 5.32 Å². The fraction of sp³-hybridized carbons (Fsp3) is 0.333. The van der Waals surface area contributed by atoms with Crippen molar-refractivity contribution >= 4 is 11.6 Å². The lowest BCUT2D eigenvalue weighted by molar-refractivity contribution is -0.114. The summed E-state index contributed by atoms with van der Waals surface area (Å²) in [6.07, 6.45) is 0. The SMILES string of the molecule is [C-]#[N+]CC(=O)Nc1ccc(C(C)C)cc1. The van der Waals surface area contributed by atoms with Gasteiger partial charge in [-0.1, -0.05) is 26.0 Å². The number of rotatable bonds is 3.